The first-order chi connectivity index (χ1) is 15.5. The van der Waals surface area contributed by atoms with Gasteiger partial charge in [0.25, 0.3) is 0 Å². The zero-order valence-corrected chi connectivity index (χ0v) is 18.3. The number of cyclic esters (lactones) is 1. The molecule has 2 aromatic rings. The molecule has 10 nitrogen and oxygen atoms in total. The van der Waals surface area contributed by atoms with Crippen molar-refractivity contribution in [3.05, 3.63) is 41.6 Å². The predicted octanol–water partition coefficient (Wildman–Crippen LogP) is 1.70. The minimum absolute atomic E-state index is 0.0993. The van der Waals surface area contributed by atoms with Crippen LogP contribution in [0.2, 0.25) is 0 Å². The van der Waals surface area contributed by atoms with Crippen LogP contribution in [0, 0.1) is 5.41 Å². The Labute approximate surface area is 186 Å². The number of rotatable bonds is 5. The van der Waals surface area contributed by atoms with Crippen molar-refractivity contribution in [3.63, 3.8) is 0 Å². The van der Waals surface area contributed by atoms with Crippen molar-refractivity contribution in [3.8, 4) is 5.69 Å². The van der Waals surface area contributed by atoms with Gasteiger partial charge in [0.2, 0.25) is 5.91 Å². The van der Waals surface area contributed by atoms with E-state index >= 15 is 0 Å². The second kappa shape index (κ2) is 8.09. The molecule has 5 rings (SSSR count). The van der Waals surface area contributed by atoms with E-state index in [1.807, 2.05) is 12.1 Å². The molecule has 168 valence electrons. The van der Waals surface area contributed by atoms with E-state index in [9.17, 15) is 9.59 Å². The molecule has 2 aliphatic heterocycles. The lowest BCUT2D eigenvalue weighted by Gasteiger charge is -2.37. The monoisotopic (exact) mass is 437 g/mol. The van der Waals surface area contributed by atoms with Crippen LogP contribution in [0.1, 0.15) is 57.7 Å². The number of tetrazole rings is 1. The summed E-state index contributed by atoms with van der Waals surface area (Å²) in [5, 5.41) is 14.8. The number of pyridine rings is 1. The van der Waals surface area contributed by atoms with Crippen molar-refractivity contribution in [2.75, 3.05) is 13.2 Å². The third kappa shape index (κ3) is 3.58. The van der Waals surface area contributed by atoms with Crippen LogP contribution in [0.5, 0.6) is 0 Å². The number of esters is 1. The summed E-state index contributed by atoms with van der Waals surface area (Å²) in [6, 6.07) is 4.38. The fourth-order valence-electron chi connectivity index (χ4n) is 5.14. The summed E-state index contributed by atoms with van der Waals surface area (Å²) in [5.74, 6) is -0.147. The Morgan fingerprint density at radius 2 is 2.03 bits per heavy atom. The van der Waals surface area contributed by atoms with Crippen molar-refractivity contribution in [1.82, 2.24) is 35.4 Å². The van der Waals surface area contributed by atoms with Gasteiger partial charge in [-0.05, 0) is 68.5 Å². The van der Waals surface area contributed by atoms with Crippen molar-refractivity contribution in [1.29, 1.82) is 0 Å². The van der Waals surface area contributed by atoms with Gasteiger partial charge in [0.15, 0.2) is 0 Å². The molecule has 0 unspecified atom stereocenters. The Bertz CT molecular complexity index is 1040. The summed E-state index contributed by atoms with van der Waals surface area (Å²) in [5.41, 5.74) is 2.79. The van der Waals surface area contributed by atoms with E-state index in [0.29, 0.717) is 18.2 Å². The molecule has 2 aromatic heterocycles. The Hall–Kier alpha value is -3.14. The number of nitrogens with zero attached hydrogens (tertiary/aromatic N) is 6. The van der Waals surface area contributed by atoms with E-state index in [-0.39, 0.29) is 29.9 Å². The lowest BCUT2D eigenvalue weighted by Crippen LogP contribution is -2.42. The van der Waals surface area contributed by atoms with Crippen LogP contribution >= 0.6 is 0 Å². The molecular weight excluding hydrogens is 410 g/mol. The van der Waals surface area contributed by atoms with Crippen LogP contribution in [0.4, 0.5) is 0 Å². The van der Waals surface area contributed by atoms with E-state index in [4.69, 9.17) is 4.74 Å². The lowest BCUT2D eigenvalue weighted by atomic mass is 9.71. The summed E-state index contributed by atoms with van der Waals surface area (Å²) in [6.45, 7) is 4.74. The zero-order chi connectivity index (χ0) is 22.3. The van der Waals surface area contributed by atoms with Crippen LogP contribution < -0.4 is 5.32 Å². The number of carbonyl (C=O) groups excluding carboxylic acids is 2. The van der Waals surface area contributed by atoms with Gasteiger partial charge in [-0.3, -0.25) is 9.78 Å². The van der Waals surface area contributed by atoms with Crippen LogP contribution in [-0.2, 0) is 14.3 Å². The molecule has 1 saturated carbocycles. The van der Waals surface area contributed by atoms with Gasteiger partial charge in [0, 0.05) is 18.6 Å². The van der Waals surface area contributed by atoms with Crippen LogP contribution in [-0.4, -0.2) is 61.2 Å². The Morgan fingerprint density at radius 1 is 1.22 bits per heavy atom. The predicted molar refractivity (Wildman–Crippen MR) is 113 cm³/mol. The molecule has 32 heavy (non-hydrogen) atoms. The van der Waals surface area contributed by atoms with Crippen molar-refractivity contribution >= 4 is 11.9 Å². The van der Waals surface area contributed by atoms with E-state index in [1.54, 1.807) is 22.7 Å². The topological polar surface area (TPSA) is 115 Å². The van der Waals surface area contributed by atoms with Gasteiger partial charge < -0.3 is 15.0 Å². The highest BCUT2D eigenvalue weighted by atomic mass is 16.5. The second-order valence-corrected chi connectivity index (χ2v) is 8.99. The third-order valence-corrected chi connectivity index (χ3v) is 7.17. The summed E-state index contributed by atoms with van der Waals surface area (Å²) >= 11 is 0. The van der Waals surface area contributed by atoms with Gasteiger partial charge in [0.05, 0.1) is 34.3 Å². The number of hydrogen-bond acceptors (Lipinski definition) is 8. The van der Waals surface area contributed by atoms with Gasteiger partial charge in [-0.2, -0.15) is 4.68 Å². The molecule has 3 aliphatic rings. The smallest absolute Gasteiger partial charge is 0.336 e. The number of aromatic nitrogens is 5. The minimum atomic E-state index is -0.310. The van der Waals surface area contributed by atoms with E-state index in [0.717, 1.165) is 49.2 Å². The molecule has 1 aliphatic carbocycles. The molecule has 0 bridgehead atoms. The molecule has 1 amide bonds. The largest absolute Gasteiger partial charge is 0.456 e. The number of amides is 1. The molecule has 2 fully saturated rings. The van der Waals surface area contributed by atoms with Crippen LogP contribution in [0.3, 0.4) is 0 Å². The minimum Gasteiger partial charge on any atom is -0.456 e. The molecule has 1 atom stereocenters. The molecular formula is C22H27N7O3. The Morgan fingerprint density at radius 3 is 2.66 bits per heavy atom. The average molecular weight is 438 g/mol. The standard InChI is InChI=1S/C22H27N7O3/c1-14-19(12-32-20(14)30)28-10-9-22(21(28)31)7-5-16(6-8-22)25-15(2)18-4-3-17(11-23-18)29-13-24-26-27-29/h3-4,11,13,15-16,25H,5-10,12H2,1-2H3/t15-,16?,22?/m1/s1. The van der Waals surface area contributed by atoms with Crippen LogP contribution in [0.25, 0.3) is 5.69 Å². The van der Waals surface area contributed by atoms with E-state index in [2.05, 4.69) is 32.7 Å². The zero-order valence-electron chi connectivity index (χ0n) is 18.3. The highest BCUT2D eigenvalue weighted by Crippen LogP contribution is 2.46. The normalized spacial score (nSPS) is 26.8. The number of ether oxygens (including phenoxy) is 1. The van der Waals surface area contributed by atoms with Gasteiger partial charge in [-0.1, -0.05) is 0 Å². The lowest BCUT2D eigenvalue weighted by molar-refractivity contribution is -0.138. The molecule has 0 aromatic carbocycles. The van der Waals surface area contributed by atoms with Gasteiger partial charge in [0.1, 0.15) is 12.9 Å². The Balaban J connectivity index is 1.18. The Kier molecular flexibility index (Phi) is 5.24. The van der Waals surface area contributed by atoms with E-state index < -0.39 is 0 Å². The van der Waals surface area contributed by atoms with Crippen molar-refractivity contribution in [2.45, 2.75) is 58.0 Å². The van der Waals surface area contributed by atoms with Gasteiger partial charge in [-0.25, -0.2) is 4.79 Å². The fraction of sp³-hybridized carbons (Fsp3) is 0.545. The van der Waals surface area contributed by atoms with Crippen molar-refractivity contribution < 1.29 is 14.3 Å². The van der Waals surface area contributed by atoms with Gasteiger partial charge in [-0.15, -0.1) is 5.10 Å². The maximum absolute atomic E-state index is 13.3. The first-order valence-corrected chi connectivity index (χ1v) is 11.1. The third-order valence-electron chi connectivity index (χ3n) is 7.17. The number of nitrogens with one attached hydrogen (secondary N) is 1. The summed E-state index contributed by atoms with van der Waals surface area (Å²) in [4.78, 5) is 31.4. The average Bonchev–Trinajstić information content (AvgIpc) is 3.53. The molecule has 1 N–H and O–H groups in total. The fourth-order valence-corrected chi connectivity index (χ4v) is 5.14. The molecule has 1 spiro atoms. The maximum Gasteiger partial charge on any atom is 0.336 e. The second-order valence-electron chi connectivity index (χ2n) is 8.99. The first kappa shape index (κ1) is 20.7. The van der Waals surface area contributed by atoms with E-state index in [1.165, 1.54) is 6.33 Å². The van der Waals surface area contributed by atoms with Gasteiger partial charge >= 0.3 is 5.97 Å². The molecule has 4 heterocycles. The summed E-state index contributed by atoms with van der Waals surface area (Å²) in [7, 11) is 0. The number of likely N-dealkylation sites (tertiary alicyclic amines) is 1. The molecule has 1 saturated heterocycles. The summed E-state index contributed by atoms with van der Waals surface area (Å²) in [6.07, 6.45) is 7.76. The number of carbonyl (C=O) groups is 2. The molecule has 0 radical (unpaired) electrons. The first-order valence-electron chi connectivity index (χ1n) is 11.1. The number of hydrogen-bond donors (Lipinski definition) is 1. The highest BCUT2D eigenvalue weighted by molar-refractivity contribution is 5.94. The molecule has 10 heteroatoms. The van der Waals surface area contributed by atoms with Crippen molar-refractivity contribution in [2.24, 2.45) is 5.41 Å². The quantitative estimate of drug-likeness (QED) is 0.703. The SMILES string of the molecule is CC1=C(N2CCC3(CCC(N[C@H](C)c4ccc(-n5cnnn5)cn4)CC3)C2=O)COC1=O. The maximum atomic E-state index is 13.3. The summed E-state index contributed by atoms with van der Waals surface area (Å²) < 4.78 is 6.68. The highest BCUT2D eigenvalue weighted by Gasteiger charge is 2.50. The van der Waals surface area contributed by atoms with Crippen LogP contribution in [0.15, 0.2) is 35.9 Å².